The van der Waals surface area contributed by atoms with E-state index in [9.17, 15) is 9.90 Å². The molecule has 4 nitrogen and oxygen atoms in total. The van der Waals surface area contributed by atoms with Crippen LogP contribution in [0.5, 0.6) is 11.5 Å². The third-order valence-corrected chi connectivity index (χ3v) is 8.14. The van der Waals surface area contributed by atoms with E-state index in [-0.39, 0.29) is 17.6 Å². The quantitative estimate of drug-likeness (QED) is 0.241. The molecule has 0 radical (unpaired) electrons. The molecule has 4 aromatic rings. The van der Waals surface area contributed by atoms with Crippen LogP contribution < -0.4 is 9.47 Å². The largest absolute Gasteiger partial charge is 0.497 e. The van der Waals surface area contributed by atoms with Crippen LogP contribution in [0.25, 0.3) is 0 Å². The first-order valence-corrected chi connectivity index (χ1v) is 13.2. The summed E-state index contributed by atoms with van der Waals surface area (Å²) in [6.07, 6.45) is 0.348. The van der Waals surface area contributed by atoms with Gasteiger partial charge < -0.3 is 14.6 Å². The van der Waals surface area contributed by atoms with Gasteiger partial charge in [0.15, 0.2) is 5.78 Å². The molecule has 0 amide bonds. The van der Waals surface area contributed by atoms with E-state index in [2.05, 4.69) is 0 Å². The number of benzene rings is 4. The molecule has 1 fully saturated rings. The second-order valence-electron chi connectivity index (χ2n) is 9.66. The fraction of sp³-hybridized carbons (Fsp3) is 0.219. The highest BCUT2D eigenvalue weighted by atomic mass is 35.5. The van der Waals surface area contributed by atoms with Crippen LogP contribution in [0.15, 0.2) is 97.1 Å². The topological polar surface area (TPSA) is 55.8 Å². The van der Waals surface area contributed by atoms with Crippen molar-refractivity contribution in [1.29, 1.82) is 0 Å². The molecule has 38 heavy (non-hydrogen) atoms. The first kappa shape index (κ1) is 26.3. The predicted molar refractivity (Wildman–Crippen MR) is 151 cm³/mol. The first-order valence-electron chi connectivity index (χ1n) is 12.4. The van der Waals surface area contributed by atoms with Gasteiger partial charge in [0.1, 0.15) is 17.1 Å². The lowest BCUT2D eigenvalue weighted by molar-refractivity contribution is -0.000278. The summed E-state index contributed by atoms with van der Waals surface area (Å²) in [4.78, 5) is 14.4. The number of carbonyl (C=O) groups is 1. The van der Waals surface area contributed by atoms with Gasteiger partial charge in [0.25, 0.3) is 0 Å². The summed E-state index contributed by atoms with van der Waals surface area (Å²) in [7, 11) is 3.19. The number of aliphatic hydroxyl groups is 1. The van der Waals surface area contributed by atoms with Crippen molar-refractivity contribution < 1.29 is 19.4 Å². The molecule has 0 spiro atoms. The van der Waals surface area contributed by atoms with Crippen LogP contribution in [0, 0.1) is 5.92 Å². The Hall–Kier alpha value is -3.31. The summed E-state index contributed by atoms with van der Waals surface area (Å²) >= 11 is 12.5. The number of methoxy groups -OCH3 is 2. The maximum atomic E-state index is 14.4. The van der Waals surface area contributed by atoms with Gasteiger partial charge in [-0.25, -0.2) is 0 Å². The number of carbonyl (C=O) groups excluding carboxylic acids is 1. The molecule has 1 saturated carbocycles. The minimum Gasteiger partial charge on any atom is -0.497 e. The molecule has 0 aromatic heterocycles. The Kier molecular flexibility index (Phi) is 7.49. The highest BCUT2D eigenvalue weighted by Gasteiger charge is 2.57. The Morgan fingerprint density at radius 3 is 1.71 bits per heavy atom. The van der Waals surface area contributed by atoms with Crippen LogP contribution in [-0.4, -0.2) is 25.1 Å². The number of halogens is 2. The molecule has 1 aliphatic carbocycles. The number of Topliss-reactive ketones (excluding diaryl/α,β-unsaturated/α-hetero) is 1. The Morgan fingerprint density at radius 2 is 1.21 bits per heavy atom. The predicted octanol–water partition coefficient (Wildman–Crippen LogP) is 7.67. The van der Waals surface area contributed by atoms with Gasteiger partial charge in [-0.05, 0) is 89.7 Å². The van der Waals surface area contributed by atoms with Crippen LogP contribution in [0.3, 0.4) is 0 Å². The molecule has 4 unspecified atom stereocenters. The van der Waals surface area contributed by atoms with E-state index in [1.54, 1.807) is 38.5 Å². The molecule has 5 rings (SSSR count). The summed E-state index contributed by atoms with van der Waals surface area (Å²) in [5.74, 6) is -0.0556. The van der Waals surface area contributed by atoms with Gasteiger partial charge >= 0.3 is 0 Å². The fourth-order valence-corrected chi connectivity index (χ4v) is 6.01. The highest BCUT2D eigenvalue weighted by Crippen LogP contribution is 2.59. The molecule has 0 saturated heterocycles. The second-order valence-corrected chi connectivity index (χ2v) is 10.5. The lowest BCUT2D eigenvalue weighted by atomic mass is 9.73. The van der Waals surface area contributed by atoms with E-state index in [1.807, 2.05) is 72.8 Å². The summed E-state index contributed by atoms with van der Waals surface area (Å²) < 4.78 is 10.6. The maximum Gasteiger partial charge on any atom is 0.169 e. The third-order valence-electron chi connectivity index (χ3n) is 7.64. The number of rotatable bonds is 7. The molecule has 4 atom stereocenters. The minimum absolute atomic E-state index is 0.137. The average molecular weight is 547 g/mol. The van der Waals surface area contributed by atoms with Crippen molar-refractivity contribution in [3.05, 3.63) is 129 Å². The fourth-order valence-electron chi connectivity index (χ4n) is 5.76. The Bertz CT molecular complexity index is 1400. The van der Waals surface area contributed by atoms with E-state index >= 15 is 0 Å². The van der Waals surface area contributed by atoms with Crippen LogP contribution in [0.2, 0.25) is 10.0 Å². The summed E-state index contributed by atoms with van der Waals surface area (Å²) in [5, 5.41) is 13.8. The van der Waals surface area contributed by atoms with Gasteiger partial charge in [0.2, 0.25) is 0 Å². The van der Waals surface area contributed by atoms with Crippen molar-refractivity contribution in [3.63, 3.8) is 0 Å². The second kappa shape index (κ2) is 10.8. The lowest BCUT2D eigenvalue weighted by Gasteiger charge is -2.33. The minimum atomic E-state index is -1.45. The average Bonchev–Trinajstić information content (AvgIpc) is 3.27. The van der Waals surface area contributed by atoms with Gasteiger partial charge in [-0.15, -0.1) is 0 Å². The zero-order chi connectivity index (χ0) is 26.9. The summed E-state index contributed by atoms with van der Waals surface area (Å²) in [5.41, 5.74) is 1.67. The van der Waals surface area contributed by atoms with Gasteiger partial charge in [-0.3, -0.25) is 4.79 Å². The molecule has 0 heterocycles. The van der Waals surface area contributed by atoms with Gasteiger partial charge in [0, 0.05) is 21.5 Å². The van der Waals surface area contributed by atoms with Crippen molar-refractivity contribution in [2.75, 3.05) is 14.2 Å². The van der Waals surface area contributed by atoms with Crippen molar-refractivity contribution in [2.45, 2.75) is 23.9 Å². The molecule has 4 aromatic carbocycles. The molecule has 0 aliphatic heterocycles. The maximum absolute atomic E-state index is 14.4. The smallest absolute Gasteiger partial charge is 0.169 e. The van der Waals surface area contributed by atoms with Crippen molar-refractivity contribution in [3.8, 4) is 11.5 Å². The number of ether oxygens (including phenoxy) is 2. The van der Waals surface area contributed by atoms with E-state index < -0.39 is 11.5 Å². The highest BCUT2D eigenvalue weighted by molar-refractivity contribution is 6.30. The molecular formula is C32H28Cl2O4. The summed E-state index contributed by atoms with van der Waals surface area (Å²) in [6, 6.07) is 29.6. The number of ketones is 1. The van der Waals surface area contributed by atoms with Crippen molar-refractivity contribution in [2.24, 2.45) is 5.92 Å². The van der Waals surface area contributed by atoms with Crippen LogP contribution in [0.4, 0.5) is 0 Å². The van der Waals surface area contributed by atoms with E-state index in [4.69, 9.17) is 32.7 Å². The van der Waals surface area contributed by atoms with Crippen molar-refractivity contribution in [1.82, 2.24) is 0 Å². The zero-order valence-corrected chi connectivity index (χ0v) is 22.6. The number of hydrogen-bond donors (Lipinski definition) is 1. The van der Waals surface area contributed by atoms with Crippen molar-refractivity contribution >= 4 is 29.0 Å². The zero-order valence-electron chi connectivity index (χ0n) is 21.1. The lowest BCUT2D eigenvalue weighted by Crippen LogP contribution is -2.38. The van der Waals surface area contributed by atoms with Crippen LogP contribution >= 0.6 is 23.2 Å². The van der Waals surface area contributed by atoms with E-state index in [0.717, 1.165) is 11.1 Å². The standard InChI is InChI=1S/C32H28Cl2O4/c1-37-26-15-7-22(8-16-26)31(35)30-29(21-5-13-25(34)14-6-21)28(20-3-11-24(33)12-4-20)19-32(30,36)23-9-17-27(38-2)18-10-23/h3-18,28-30,36H,19H2,1-2H3. The first-order chi connectivity index (χ1) is 18.3. The van der Waals surface area contributed by atoms with Gasteiger partial charge in [-0.1, -0.05) is 59.6 Å². The van der Waals surface area contributed by atoms with Crippen LogP contribution in [0.1, 0.15) is 45.3 Å². The van der Waals surface area contributed by atoms with E-state index in [1.165, 1.54) is 0 Å². The number of hydrogen-bond acceptors (Lipinski definition) is 4. The Balaban J connectivity index is 1.70. The molecule has 6 heteroatoms. The van der Waals surface area contributed by atoms with Gasteiger partial charge in [0.05, 0.1) is 20.1 Å². The molecule has 1 N–H and O–H groups in total. The monoisotopic (exact) mass is 546 g/mol. The molecular weight excluding hydrogens is 519 g/mol. The third kappa shape index (κ3) is 4.92. The molecule has 194 valence electrons. The van der Waals surface area contributed by atoms with Gasteiger partial charge in [-0.2, -0.15) is 0 Å². The molecule has 0 bridgehead atoms. The Morgan fingerprint density at radius 1 is 0.737 bits per heavy atom. The van der Waals surface area contributed by atoms with Crippen LogP contribution in [-0.2, 0) is 5.60 Å². The Labute approximate surface area is 232 Å². The molecule has 1 aliphatic rings. The SMILES string of the molecule is COc1ccc(C(=O)C2C(c3ccc(Cl)cc3)C(c3ccc(Cl)cc3)CC2(O)c2ccc(OC)cc2)cc1. The summed E-state index contributed by atoms with van der Waals surface area (Å²) in [6.45, 7) is 0. The van der Waals surface area contributed by atoms with E-state index in [0.29, 0.717) is 39.1 Å². The normalized spacial score (nSPS) is 22.7.